The molecule has 31 heavy (non-hydrogen) atoms. The quantitative estimate of drug-likeness (QED) is 0.613. The van der Waals surface area contributed by atoms with E-state index >= 15 is 0 Å². The molecule has 0 spiro atoms. The standard InChI is InChI=1S/C23H21F2N3O2S/c1-23-13-16-14-26-28(20-6-2-18(24)3-7-20)22(16)12-17(23)10-11-27(15-23)31(29,30)21-8-4-19(25)5-9-21/h2-9,12,14H,10-11,13,15H2,1H3/t23-/m1/s1. The molecule has 160 valence electrons. The Labute approximate surface area is 179 Å². The normalized spacial score (nSPS) is 21.3. The smallest absolute Gasteiger partial charge is 0.233 e. The zero-order valence-corrected chi connectivity index (χ0v) is 17.7. The lowest BCUT2D eigenvalue weighted by atomic mass is 9.70. The minimum absolute atomic E-state index is 0.102. The van der Waals surface area contributed by atoms with Crippen molar-refractivity contribution in [1.29, 1.82) is 0 Å². The number of halogens is 2. The van der Waals surface area contributed by atoms with E-state index in [0.717, 1.165) is 16.9 Å². The monoisotopic (exact) mass is 441 g/mol. The van der Waals surface area contributed by atoms with Crippen LogP contribution in [-0.2, 0) is 16.4 Å². The Balaban J connectivity index is 1.46. The van der Waals surface area contributed by atoms with Gasteiger partial charge < -0.3 is 0 Å². The van der Waals surface area contributed by atoms with Gasteiger partial charge in [-0.15, -0.1) is 0 Å². The van der Waals surface area contributed by atoms with E-state index < -0.39 is 15.8 Å². The molecule has 1 aliphatic heterocycles. The fourth-order valence-corrected chi connectivity index (χ4v) is 6.11. The van der Waals surface area contributed by atoms with Crippen molar-refractivity contribution >= 4 is 16.1 Å². The molecule has 2 heterocycles. The predicted molar refractivity (Wildman–Crippen MR) is 113 cm³/mol. The van der Waals surface area contributed by atoms with Gasteiger partial charge in [-0.1, -0.05) is 12.5 Å². The van der Waals surface area contributed by atoms with Gasteiger partial charge in [-0.2, -0.15) is 9.40 Å². The molecule has 0 unspecified atom stereocenters. The van der Waals surface area contributed by atoms with Gasteiger partial charge in [0.2, 0.25) is 10.0 Å². The Kier molecular flexibility index (Phi) is 4.60. The van der Waals surface area contributed by atoms with Gasteiger partial charge >= 0.3 is 0 Å². The van der Waals surface area contributed by atoms with Gasteiger partial charge in [-0.25, -0.2) is 21.9 Å². The molecule has 8 heteroatoms. The second-order valence-corrected chi connectivity index (χ2v) is 10.3. The Morgan fingerprint density at radius 1 is 1.00 bits per heavy atom. The number of rotatable bonds is 3. The largest absolute Gasteiger partial charge is 0.243 e. The summed E-state index contributed by atoms with van der Waals surface area (Å²) in [5.41, 5.74) is 3.58. The minimum atomic E-state index is -3.70. The molecule has 2 aliphatic rings. The van der Waals surface area contributed by atoms with Crippen molar-refractivity contribution in [2.24, 2.45) is 5.41 Å². The summed E-state index contributed by atoms with van der Waals surface area (Å²) in [5, 5.41) is 4.49. The molecule has 0 saturated carbocycles. The Hall–Kier alpha value is -2.84. The first-order valence-electron chi connectivity index (χ1n) is 10.1. The molecule has 5 nitrogen and oxygen atoms in total. The van der Waals surface area contributed by atoms with Gasteiger partial charge in [0.25, 0.3) is 0 Å². The Morgan fingerprint density at radius 3 is 2.32 bits per heavy atom. The van der Waals surface area contributed by atoms with Gasteiger partial charge in [-0.05, 0) is 73.0 Å². The van der Waals surface area contributed by atoms with E-state index in [1.807, 2.05) is 0 Å². The highest BCUT2D eigenvalue weighted by Gasteiger charge is 2.42. The molecule has 1 saturated heterocycles. The average molecular weight is 442 g/mol. The first kappa shape index (κ1) is 20.1. The van der Waals surface area contributed by atoms with E-state index in [-0.39, 0.29) is 16.1 Å². The molecule has 1 atom stereocenters. The maximum Gasteiger partial charge on any atom is 0.243 e. The zero-order valence-electron chi connectivity index (χ0n) is 16.9. The number of benzene rings is 2. The third-order valence-electron chi connectivity index (χ3n) is 6.23. The van der Waals surface area contributed by atoms with Gasteiger partial charge in [0.05, 0.1) is 22.5 Å². The van der Waals surface area contributed by atoms with Crippen LogP contribution in [0.25, 0.3) is 11.8 Å². The fourth-order valence-electron chi connectivity index (χ4n) is 4.55. The minimum Gasteiger partial charge on any atom is -0.233 e. The molecule has 0 bridgehead atoms. The van der Waals surface area contributed by atoms with E-state index in [9.17, 15) is 17.2 Å². The van der Waals surface area contributed by atoms with E-state index in [4.69, 9.17) is 0 Å². The second-order valence-electron chi connectivity index (χ2n) is 8.39. The van der Waals surface area contributed by atoms with Crippen LogP contribution in [-0.4, -0.2) is 35.6 Å². The van der Waals surface area contributed by atoms with Gasteiger partial charge in [0, 0.05) is 18.5 Å². The number of hydrogen-bond donors (Lipinski definition) is 0. The molecule has 0 N–H and O–H groups in total. The van der Waals surface area contributed by atoms with Gasteiger partial charge in [0.1, 0.15) is 11.6 Å². The molecule has 1 aliphatic carbocycles. The van der Waals surface area contributed by atoms with Crippen molar-refractivity contribution in [3.05, 3.63) is 83.2 Å². The highest BCUT2D eigenvalue weighted by atomic mass is 32.2. The maximum atomic E-state index is 13.3. The molecule has 5 rings (SSSR count). The van der Waals surface area contributed by atoms with Crippen LogP contribution in [0.5, 0.6) is 0 Å². The summed E-state index contributed by atoms with van der Waals surface area (Å²) in [6.07, 6.45) is 5.15. The maximum absolute atomic E-state index is 13.3. The van der Waals surface area contributed by atoms with Crippen LogP contribution in [0.2, 0.25) is 0 Å². The molecule has 0 radical (unpaired) electrons. The summed E-state index contributed by atoms with van der Waals surface area (Å²) in [6.45, 7) is 2.78. The van der Waals surface area contributed by atoms with Gasteiger partial charge in [0.15, 0.2) is 0 Å². The van der Waals surface area contributed by atoms with Crippen molar-refractivity contribution in [3.8, 4) is 5.69 Å². The van der Waals surface area contributed by atoms with Crippen LogP contribution in [0.3, 0.4) is 0 Å². The zero-order chi connectivity index (χ0) is 21.8. The number of nitrogens with zero attached hydrogens (tertiary/aromatic N) is 3. The topological polar surface area (TPSA) is 55.2 Å². The molecule has 1 aromatic heterocycles. The van der Waals surface area contributed by atoms with Crippen molar-refractivity contribution in [1.82, 2.24) is 14.1 Å². The van der Waals surface area contributed by atoms with Crippen LogP contribution >= 0.6 is 0 Å². The van der Waals surface area contributed by atoms with E-state index in [0.29, 0.717) is 25.9 Å². The number of piperidine rings is 1. The van der Waals surface area contributed by atoms with Gasteiger partial charge in [-0.3, -0.25) is 0 Å². The summed E-state index contributed by atoms with van der Waals surface area (Å²) in [7, 11) is -3.70. The summed E-state index contributed by atoms with van der Waals surface area (Å²) >= 11 is 0. The SMILES string of the molecule is C[C@]12Cc3cnn(-c4ccc(F)cc4)c3C=C1CCN(S(=O)(=O)c1ccc(F)cc1)C2. The summed E-state index contributed by atoms with van der Waals surface area (Å²) in [6, 6.07) is 11.1. The molecule has 3 aromatic rings. The average Bonchev–Trinajstić information content (AvgIpc) is 3.14. The lowest BCUT2D eigenvalue weighted by molar-refractivity contribution is 0.231. The highest BCUT2D eigenvalue weighted by Crippen LogP contribution is 2.44. The van der Waals surface area contributed by atoms with Crippen LogP contribution in [0, 0.1) is 17.0 Å². The molecule has 1 fully saturated rings. The first-order valence-corrected chi connectivity index (χ1v) is 11.5. The molecular formula is C23H21F2N3O2S. The molecule has 2 aromatic carbocycles. The fraction of sp³-hybridized carbons (Fsp3) is 0.261. The van der Waals surface area contributed by atoms with Crippen LogP contribution in [0.1, 0.15) is 24.6 Å². The third kappa shape index (κ3) is 3.40. The number of sulfonamides is 1. The summed E-state index contributed by atoms with van der Waals surface area (Å²) < 4.78 is 56.1. The van der Waals surface area contributed by atoms with E-state index in [2.05, 4.69) is 18.1 Å². The number of hydrogen-bond acceptors (Lipinski definition) is 3. The van der Waals surface area contributed by atoms with Crippen LogP contribution in [0.4, 0.5) is 8.78 Å². The second kappa shape index (κ2) is 7.10. The number of aromatic nitrogens is 2. The van der Waals surface area contributed by atoms with Crippen molar-refractivity contribution in [3.63, 3.8) is 0 Å². The lowest BCUT2D eigenvalue weighted by Gasteiger charge is -2.43. The van der Waals surface area contributed by atoms with Crippen molar-refractivity contribution < 1.29 is 17.2 Å². The number of fused-ring (bicyclic) bond motifs is 2. The Morgan fingerprint density at radius 2 is 1.65 bits per heavy atom. The van der Waals surface area contributed by atoms with Crippen LogP contribution < -0.4 is 0 Å². The highest BCUT2D eigenvalue weighted by molar-refractivity contribution is 7.89. The molecule has 0 amide bonds. The first-order chi connectivity index (χ1) is 14.8. The summed E-state index contributed by atoms with van der Waals surface area (Å²) in [5.74, 6) is -0.766. The predicted octanol–water partition coefficient (Wildman–Crippen LogP) is 4.19. The van der Waals surface area contributed by atoms with E-state index in [1.165, 1.54) is 46.3 Å². The lowest BCUT2D eigenvalue weighted by Crippen LogP contribution is -2.47. The third-order valence-corrected chi connectivity index (χ3v) is 8.09. The molecular weight excluding hydrogens is 420 g/mol. The van der Waals surface area contributed by atoms with Crippen molar-refractivity contribution in [2.75, 3.05) is 13.1 Å². The van der Waals surface area contributed by atoms with E-state index in [1.54, 1.807) is 23.0 Å². The van der Waals surface area contributed by atoms with Crippen molar-refractivity contribution in [2.45, 2.75) is 24.7 Å². The summed E-state index contributed by atoms with van der Waals surface area (Å²) in [4.78, 5) is 0.102. The van der Waals surface area contributed by atoms with Crippen LogP contribution in [0.15, 0.2) is 65.2 Å². The Bertz CT molecular complexity index is 1280.